The van der Waals surface area contributed by atoms with Crippen LogP contribution in [-0.2, 0) is 11.3 Å². The van der Waals surface area contributed by atoms with Gasteiger partial charge in [-0.1, -0.05) is 18.1 Å². The van der Waals surface area contributed by atoms with Crippen molar-refractivity contribution in [2.45, 2.75) is 6.54 Å². The molecule has 0 aliphatic carbocycles. The van der Waals surface area contributed by atoms with E-state index < -0.39 is 5.97 Å². The molecular formula is C14H18N2O2. The molecule has 0 fully saturated rings. The van der Waals surface area contributed by atoms with Crippen molar-refractivity contribution in [3.63, 3.8) is 0 Å². The van der Waals surface area contributed by atoms with Crippen LogP contribution >= 0.6 is 0 Å². The predicted molar refractivity (Wildman–Crippen MR) is 72.5 cm³/mol. The summed E-state index contributed by atoms with van der Waals surface area (Å²) in [6, 6.07) is 7.98. The van der Waals surface area contributed by atoms with Crippen LogP contribution in [0.1, 0.15) is 5.56 Å². The lowest BCUT2D eigenvalue weighted by molar-refractivity contribution is -0.138. The van der Waals surface area contributed by atoms with Gasteiger partial charge in [-0.15, -0.1) is 6.42 Å². The van der Waals surface area contributed by atoms with E-state index in [1.165, 1.54) is 0 Å². The van der Waals surface area contributed by atoms with Gasteiger partial charge in [-0.3, -0.25) is 9.69 Å². The zero-order valence-electron chi connectivity index (χ0n) is 10.8. The number of aliphatic carboxylic acids is 1. The van der Waals surface area contributed by atoms with Crippen LogP contribution in [0.3, 0.4) is 0 Å². The molecule has 96 valence electrons. The Labute approximate surface area is 108 Å². The third kappa shape index (κ3) is 4.48. The molecule has 0 atom stereocenters. The van der Waals surface area contributed by atoms with Crippen molar-refractivity contribution in [1.82, 2.24) is 4.90 Å². The molecule has 0 aliphatic rings. The highest BCUT2D eigenvalue weighted by molar-refractivity contribution is 5.69. The zero-order chi connectivity index (χ0) is 13.5. The van der Waals surface area contributed by atoms with Gasteiger partial charge in [-0.25, -0.2) is 0 Å². The Kier molecular flexibility index (Phi) is 5.22. The number of terminal acetylenes is 1. The van der Waals surface area contributed by atoms with Crippen molar-refractivity contribution in [2.75, 3.05) is 32.1 Å². The summed E-state index contributed by atoms with van der Waals surface area (Å²) in [5.41, 5.74) is 2.16. The minimum atomic E-state index is -0.866. The van der Waals surface area contributed by atoms with Crippen molar-refractivity contribution in [3.05, 3.63) is 29.8 Å². The fourth-order valence-electron chi connectivity index (χ4n) is 1.65. The van der Waals surface area contributed by atoms with Crippen molar-refractivity contribution < 1.29 is 9.90 Å². The summed E-state index contributed by atoms with van der Waals surface area (Å²) in [5.74, 6) is 1.61. The number of hydrogen-bond acceptors (Lipinski definition) is 3. The van der Waals surface area contributed by atoms with E-state index in [0.717, 1.165) is 11.3 Å². The third-order valence-corrected chi connectivity index (χ3v) is 2.53. The first-order valence-corrected chi connectivity index (χ1v) is 5.67. The van der Waals surface area contributed by atoms with Crippen LogP contribution < -0.4 is 4.90 Å². The Morgan fingerprint density at radius 2 is 1.94 bits per heavy atom. The van der Waals surface area contributed by atoms with Gasteiger partial charge in [0.1, 0.15) is 0 Å². The van der Waals surface area contributed by atoms with Gasteiger partial charge in [0.05, 0.1) is 13.1 Å². The number of hydrogen-bond donors (Lipinski definition) is 1. The second kappa shape index (κ2) is 6.67. The highest BCUT2D eigenvalue weighted by Gasteiger charge is 2.09. The number of carboxylic acids is 1. The Morgan fingerprint density at radius 3 is 2.39 bits per heavy atom. The minimum absolute atomic E-state index is 0.0420. The van der Waals surface area contributed by atoms with Gasteiger partial charge < -0.3 is 10.0 Å². The first kappa shape index (κ1) is 14.1. The highest BCUT2D eigenvalue weighted by Crippen LogP contribution is 2.13. The molecular weight excluding hydrogens is 228 g/mol. The average Bonchev–Trinajstić information content (AvgIpc) is 2.29. The average molecular weight is 246 g/mol. The van der Waals surface area contributed by atoms with E-state index in [2.05, 4.69) is 5.92 Å². The van der Waals surface area contributed by atoms with Gasteiger partial charge in [-0.05, 0) is 17.7 Å². The SMILES string of the molecule is C#CCN(CC(=O)O)Cc1ccc(N(C)C)cc1. The Hall–Kier alpha value is -1.99. The predicted octanol–water partition coefficient (Wildman–Crippen LogP) is 1.27. The van der Waals surface area contributed by atoms with Crippen LogP contribution in [0.4, 0.5) is 5.69 Å². The fourth-order valence-corrected chi connectivity index (χ4v) is 1.65. The molecule has 0 heterocycles. The molecule has 1 aromatic rings. The summed E-state index contributed by atoms with van der Waals surface area (Å²) in [6.07, 6.45) is 5.23. The van der Waals surface area contributed by atoms with Crippen LogP contribution in [0.15, 0.2) is 24.3 Å². The number of anilines is 1. The van der Waals surface area contributed by atoms with Gasteiger partial charge in [0.25, 0.3) is 0 Å². The summed E-state index contributed by atoms with van der Waals surface area (Å²) < 4.78 is 0. The van der Waals surface area contributed by atoms with Gasteiger partial charge in [-0.2, -0.15) is 0 Å². The smallest absolute Gasteiger partial charge is 0.317 e. The minimum Gasteiger partial charge on any atom is -0.480 e. The largest absolute Gasteiger partial charge is 0.480 e. The molecule has 1 rings (SSSR count). The molecule has 0 aliphatic heterocycles. The van der Waals surface area contributed by atoms with Gasteiger partial charge in [0.2, 0.25) is 0 Å². The Balaban J connectivity index is 2.69. The number of carboxylic acid groups (broad SMARTS) is 1. The third-order valence-electron chi connectivity index (χ3n) is 2.53. The number of carbonyl (C=O) groups is 1. The standard InChI is InChI=1S/C14H18N2O2/c1-4-9-16(11-14(17)18)10-12-5-7-13(8-6-12)15(2)3/h1,5-8H,9-11H2,2-3H3,(H,17,18). The molecule has 0 aromatic heterocycles. The molecule has 0 amide bonds. The van der Waals surface area contributed by atoms with E-state index in [-0.39, 0.29) is 6.54 Å². The first-order chi connectivity index (χ1) is 8.52. The Morgan fingerprint density at radius 1 is 1.33 bits per heavy atom. The van der Waals surface area contributed by atoms with E-state index in [1.54, 1.807) is 4.90 Å². The molecule has 4 nitrogen and oxygen atoms in total. The monoisotopic (exact) mass is 246 g/mol. The summed E-state index contributed by atoms with van der Waals surface area (Å²) in [4.78, 5) is 14.4. The molecule has 0 unspecified atom stereocenters. The maximum atomic E-state index is 10.7. The van der Waals surface area contributed by atoms with E-state index in [1.807, 2.05) is 43.3 Å². The summed E-state index contributed by atoms with van der Waals surface area (Å²) >= 11 is 0. The lowest BCUT2D eigenvalue weighted by Gasteiger charge is -2.18. The normalized spacial score (nSPS) is 10.1. The molecule has 1 N–H and O–H groups in total. The molecule has 1 aromatic carbocycles. The second-order valence-electron chi connectivity index (χ2n) is 4.30. The lowest BCUT2D eigenvalue weighted by atomic mass is 10.2. The lowest BCUT2D eigenvalue weighted by Crippen LogP contribution is -2.29. The fraction of sp³-hybridized carbons (Fsp3) is 0.357. The van der Waals surface area contributed by atoms with Crippen LogP contribution in [-0.4, -0.2) is 43.2 Å². The van der Waals surface area contributed by atoms with E-state index in [0.29, 0.717) is 13.1 Å². The molecule has 0 saturated heterocycles. The number of rotatable bonds is 6. The summed E-state index contributed by atoms with van der Waals surface area (Å²) in [5, 5.41) is 8.79. The number of benzene rings is 1. The molecule has 18 heavy (non-hydrogen) atoms. The van der Waals surface area contributed by atoms with E-state index in [4.69, 9.17) is 11.5 Å². The van der Waals surface area contributed by atoms with E-state index >= 15 is 0 Å². The van der Waals surface area contributed by atoms with Crippen molar-refractivity contribution >= 4 is 11.7 Å². The molecule has 0 saturated carbocycles. The second-order valence-corrected chi connectivity index (χ2v) is 4.30. The van der Waals surface area contributed by atoms with Crippen LogP contribution in [0.5, 0.6) is 0 Å². The topological polar surface area (TPSA) is 43.8 Å². The van der Waals surface area contributed by atoms with Crippen LogP contribution in [0.2, 0.25) is 0 Å². The van der Waals surface area contributed by atoms with Crippen molar-refractivity contribution in [1.29, 1.82) is 0 Å². The summed E-state index contributed by atoms with van der Waals surface area (Å²) in [7, 11) is 3.95. The molecule has 4 heteroatoms. The quantitative estimate of drug-likeness (QED) is 0.768. The summed E-state index contributed by atoms with van der Waals surface area (Å²) in [6.45, 7) is 0.839. The van der Waals surface area contributed by atoms with Gasteiger partial charge in [0, 0.05) is 26.3 Å². The maximum absolute atomic E-state index is 10.7. The van der Waals surface area contributed by atoms with Crippen molar-refractivity contribution in [3.8, 4) is 12.3 Å². The molecule has 0 spiro atoms. The maximum Gasteiger partial charge on any atom is 0.317 e. The van der Waals surface area contributed by atoms with Crippen molar-refractivity contribution in [2.24, 2.45) is 0 Å². The first-order valence-electron chi connectivity index (χ1n) is 5.67. The van der Waals surface area contributed by atoms with Crippen LogP contribution in [0, 0.1) is 12.3 Å². The van der Waals surface area contributed by atoms with E-state index in [9.17, 15) is 4.79 Å². The number of nitrogens with zero attached hydrogens (tertiary/aromatic N) is 2. The van der Waals surface area contributed by atoms with Gasteiger partial charge in [0.15, 0.2) is 0 Å². The molecule has 0 radical (unpaired) electrons. The Bertz CT molecular complexity index is 432. The zero-order valence-corrected chi connectivity index (χ0v) is 10.8. The van der Waals surface area contributed by atoms with Gasteiger partial charge >= 0.3 is 5.97 Å². The molecule has 0 bridgehead atoms. The highest BCUT2D eigenvalue weighted by atomic mass is 16.4. The van der Waals surface area contributed by atoms with Crippen LogP contribution in [0.25, 0.3) is 0 Å².